The molecule has 36 heavy (non-hydrogen) atoms. The molecule has 0 aliphatic carbocycles. The Hall–Kier alpha value is -3.60. The summed E-state index contributed by atoms with van der Waals surface area (Å²) in [5.74, 6) is -2.31. The highest BCUT2D eigenvalue weighted by Gasteiger charge is 2.35. The lowest BCUT2D eigenvalue weighted by Gasteiger charge is -2.29. The zero-order valence-electron chi connectivity index (χ0n) is 20.4. The van der Waals surface area contributed by atoms with E-state index in [-0.39, 0.29) is 34.9 Å². The maximum Gasteiger partial charge on any atom is 0.419 e. The molecule has 0 saturated heterocycles. The monoisotopic (exact) mass is 517 g/mol. The van der Waals surface area contributed by atoms with Gasteiger partial charge in [-0.05, 0) is 57.5 Å². The molecular formula is C25H25F2N3O5S. The van der Waals surface area contributed by atoms with Crippen LogP contribution in [0.4, 0.5) is 19.3 Å². The molecule has 1 amide bonds. The minimum Gasteiger partial charge on any atom is -0.443 e. The maximum atomic E-state index is 14.7. The maximum absolute atomic E-state index is 14.7. The van der Waals surface area contributed by atoms with Crippen molar-refractivity contribution in [3.05, 3.63) is 65.0 Å². The zero-order chi connectivity index (χ0) is 26.6. The number of sulfone groups is 1. The normalized spacial score (nSPS) is 14.1. The summed E-state index contributed by atoms with van der Waals surface area (Å²) in [6.45, 7) is 6.76. The predicted molar refractivity (Wildman–Crippen MR) is 129 cm³/mol. The van der Waals surface area contributed by atoms with Gasteiger partial charge >= 0.3 is 6.09 Å². The van der Waals surface area contributed by atoms with Crippen LogP contribution in [0.1, 0.15) is 42.4 Å². The Morgan fingerprint density at radius 3 is 2.33 bits per heavy atom. The zero-order valence-corrected chi connectivity index (χ0v) is 21.2. The topological polar surface area (TPSA) is 98.6 Å². The largest absolute Gasteiger partial charge is 0.443 e. The molecule has 3 aromatic rings. The van der Waals surface area contributed by atoms with Crippen molar-refractivity contribution in [3.63, 3.8) is 0 Å². The number of nitrogens with zero attached hydrogens (tertiary/aromatic N) is 3. The van der Waals surface area contributed by atoms with Crippen LogP contribution >= 0.6 is 0 Å². The molecule has 0 N–H and O–H groups in total. The molecule has 0 fully saturated rings. The summed E-state index contributed by atoms with van der Waals surface area (Å²) >= 11 is 0. The minimum absolute atomic E-state index is 0.0800. The van der Waals surface area contributed by atoms with E-state index in [1.807, 2.05) is 0 Å². The van der Waals surface area contributed by atoms with Crippen LogP contribution in [-0.2, 0) is 21.0 Å². The molecule has 2 aromatic heterocycles. The molecular weight excluding hydrogens is 492 g/mol. The fourth-order valence-corrected chi connectivity index (χ4v) is 4.76. The first-order chi connectivity index (χ1) is 16.7. The average molecular weight is 518 g/mol. The summed E-state index contributed by atoms with van der Waals surface area (Å²) in [4.78, 5) is 32.1. The van der Waals surface area contributed by atoms with Crippen molar-refractivity contribution in [3.8, 4) is 11.3 Å². The van der Waals surface area contributed by atoms with E-state index in [0.29, 0.717) is 11.3 Å². The van der Waals surface area contributed by atoms with Gasteiger partial charge in [0.15, 0.2) is 14.9 Å². The first-order valence-electron chi connectivity index (χ1n) is 11.1. The number of rotatable bonds is 3. The van der Waals surface area contributed by atoms with Gasteiger partial charge in [-0.2, -0.15) is 0 Å². The molecule has 8 nitrogen and oxygen atoms in total. The molecule has 4 rings (SSSR count). The number of ether oxygens (including phenoxy) is 1. The Bertz CT molecular complexity index is 1490. The van der Waals surface area contributed by atoms with Crippen LogP contribution in [0.15, 0.2) is 41.6 Å². The number of pyridine rings is 1. The molecule has 0 atom stereocenters. The highest BCUT2D eigenvalue weighted by Crippen LogP contribution is 2.35. The number of benzene rings is 1. The van der Waals surface area contributed by atoms with Crippen molar-refractivity contribution >= 4 is 27.5 Å². The van der Waals surface area contributed by atoms with Gasteiger partial charge in [-0.3, -0.25) is 4.79 Å². The first kappa shape index (κ1) is 25.5. The van der Waals surface area contributed by atoms with E-state index in [2.05, 4.69) is 4.98 Å². The van der Waals surface area contributed by atoms with Crippen LogP contribution in [-0.4, -0.2) is 48.4 Å². The number of hydrogen-bond donors (Lipinski definition) is 0. The van der Waals surface area contributed by atoms with Gasteiger partial charge in [-0.25, -0.2) is 31.5 Å². The molecule has 0 unspecified atom stereocenters. The number of carbonyl (C=O) groups excluding carboxylic acids is 2. The third-order valence-electron chi connectivity index (χ3n) is 5.67. The summed E-state index contributed by atoms with van der Waals surface area (Å²) in [5.41, 5.74) is -0.239. The number of aromatic nitrogens is 2. The lowest BCUT2D eigenvalue weighted by molar-refractivity contribution is 0.0535. The summed E-state index contributed by atoms with van der Waals surface area (Å²) in [7, 11) is -3.54. The Morgan fingerprint density at radius 1 is 1.14 bits per heavy atom. The Labute approximate surface area is 207 Å². The fourth-order valence-electron chi connectivity index (χ4n) is 4.13. The number of hydrogen-bond acceptors (Lipinski definition) is 6. The highest BCUT2D eigenvalue weighted by molar-refractivity contribution is 7.90. The summed E-state index contributed by atoms with van der Waals surface area (Å²) < 4.78 is 59.7. The molecule has 0 spiro atoms. The molecule has 1 aliphatic rings. The number of amides is 1. The first-order valence-corrected chi connectivity index (χ1v) is 13.0. The third kappa shape index (κ3) is 4.62. The second-order valence-corrected chi connectivity index (χ2v) is 11.6. The van der Waals surface area contributed by atoms with Gasteiger partial charge in [0.05, 0.1) is 28.7 Å². The van der Waals surface area contributed by atoms with E-state index in [1.165, 1.54) is 29.3 Å². The number of fused-ring (bicyclic) bond motifs is 1. The van der Waals surface area contributed by atoms with E-state index in [0.717, 1.165) is 23.0 Å². The van der Waals surface area contributed by atoms with E-state index in [4.69, 9.17) is 4.74 Å². The van der Waals surface area contributed by atoms with E-state index in [1.54, 1.807) is 27.7 Å². The Morgan fingerprint density at radius 2 is 1.78 bits per heavy atom. The summed E-state index contributed by atoms with van der Waals surface area (Å²) in [5, 5.41) is -0.123. The van der Waals surface area contributed by atoms with Crippen LogP contribution in [0.2, 0.25) is 0 Å². The SMILES string of the molecule is Cc1cc(S(C)(=O)=O)ncc1N1CCc2c(cc(-c3c(F)cccc3F)n2C(=O)OC(C)(C)C)C1=O. The molecule has 1 aliphatic heterocycles. The van der Waals surface area contributed by atoms with Crippen LogP contribution in [0, 0.1) is 18.6 Å². The van der Waals surface area contributed by atoms with Crippen molar-refractivity contribution in [2.45, 2.75) is 44.7 Å². The number of aryl methyl sites for hydroxylation is 1. The third-order valence-corrected chi connectivity index (χ3v) is 6.66. The number of anilines is 1. The molecule has 0 radical (unpaired) electrons. The molecule has 190 valence electrons. The second-order valence-electron chi connectivity index (χ2n) is 9.59. The van der Waals surface area contributed by atoms with E-state index < -0.39 is 44.6 Å². The fraction of sp³-hybridized carbons (Fsp3) is 0.320. The van der Waals surface area contributed by atoms with Gasteiger partial charge in [0.25, 0.3) is 5.91 Å². The lowest BCUT2D eigenvalue weighted by atomic mass is 10.0. The van der Waals surface area contributed by atoms with Crippen LogP contribution < -0.4 is 4.90 Å². The molecule has 0 bridgehead atoms. The average Bonchev–Trinajstić information content (AvgIpc) is 3.12. The van der Waals surface area contributed by atoms with Gasteiger partial charge in [-0.15, -0.1) is 0 Å². The molecule has 3 heterocycles. The smallest absolute Gasteiger partial charge is 0.419 e. The van der Waals surface area contributed by atoms with Gasteiger partial charge in [0, 0.05) is 24.9 Å². The van der Waals surface area contributed by atoms with Crippen molar-refractivity contribution in [1.82, 2.24) is 9.55 Å². The van der Waals surface area contributed by atoms with Crippen molar-refractivity contribution < 1.29 is 31.5 Å². The van der Waals surface area contributed by atoms with Crippen molar-refractivity contribution in [1.29, 1.82) is 0 Å². The number of halogens is 2. The molecule has 0 saturated carbocycles. The van der Waals surface area contributed by atoms with Crippen LogP contribution in [0.5, 0.6) is 0 Å². The van der Waals surface area contributed by atoms with Crippen LogP contribution in [0.25, 0.3) is 11.3 Å². The van der Waals surface area contributed by atoms with Gasteiger partial charge < -0.3 is 9.64 Å². The highest BCUT2D eigenvalue weighted by atomic mass is 32.2. The Kier molecular flexibility index (Phi) is 6.24. The Balaban J connectivity index is 1.86. The quantitative estimate of drug-likeness (QED) is 0.507. The lowest BCUT2D eigenvalue weighted by Crippen LogP contribution is -2.39. The van der Waals surface area contributed by atoms with Crippen molar-refractivity contribution in [2.75, 3.05) is 17.7 Å². The van der Waals surface area contributed by atoms with E-state index >= 15 is 0 Å². The van der Waals surface area contributed by atoms with Crippen LogP contribution in [0.3, 0.4) is 0 Å². The number of carbonyl (C=O) groups is 2. The van der Waals surface area contributed by atoms with E-state index in [9.17, 15) is 26.8 Å². The molecule has 11 heteroatoms. The summed E-state index contributed by atoms with van der Waals surface area (Å²) in [6, 6.07) is 5.99. The van der Waals surface area contributed by atoms with Gasteiger partial charge in [-0.1, -0.05) is 6.07 Å². The summed E-state index contributed by atoms with van der Waals surface area (Å²) in [6.07, 6.45) is 1.65. The van der Waals surface area contributed by atoms with Gasteiger partial charge in [0.1, 0.15) is 17.2 Å². The van der Waals surface area contributed by atoms with Crippen molar-refractivity contribution in [2.24, 2.45) is 0 Å². The molecule has 1 aromatic carbocycles. The second kappa shape index (κ2) is 8.81. The predicted octanol–water partition coefficient (Wildman–Crippen LogP) is 4.53. The minimum atomic E-state index is -3.54. The van der Waals surface area contributed by atoms with Gasteiger partial charge in [0.2, 0.25) is 0 Å². The standard InChI is InChI=1S/C25H25F2N3O5S/c1-14-11-21(36(5,33)34)28-13-20(14)29-10-9-18-15(23(29)31)12-19(22-16(26)7-6-8-17(22)27)30(18)24(32)35-25(2,3)4/h6-8,11-13H,9-10H2,1-5H3.